The van der Waals surface area contributed by atoms with Crippen LogP contribution in [0.15, 0.2) is 24.3 Å². The fourth-order valence-corrected chi connectivity index (χ4v) is 3.76. The van der Waals surface area contributed by atoms with E-state index in [9.17, 15) is 13.2 Å². The van der Waals surface area contributed by atoms with Gasteiger partial charge in [0.2, 0.25) is 0 Å². The Labute approximate surface area is 130 Å². The van der Waals surface area contributed by atoms with Crippen LogP contribution in [0.3, 0.4) is 0 Å². The number of hydrogen-bond acceptors (Lipinski definition) is 4. The zero-order chi connectivity index (χ0) is 15.7. The van der Waals surface area contributed by atoms with Gasteiger partial charge in [-0.25, -0.2) is 4.72 Å². The molecule has 6 nitrogen and oxygen atoms in total. The molecular weight excluding hydrogens is 304 g/mol. The van der Waals surface area contributed by atoms with Gasteiger partial charge in [0.15, 0.2) is 0 Å². The maximum Gasteiger partial charge on any atom is 0.326 e. The zero-order valence-electron chi connectivity index (χ0n) is 12.5. The number of ether oxygens (including phenoxy) is 1. The molecule has 0 spiro atoms. The smallest absolute Gasteiger partial charge is 0.326 e. The van der Waals surface area contributed by atoms with Crippen molar-refractivity contribution in [2.24, 2.45) is 5.92 Å². The number of nitrogens with zero attached hydrogens (tertiary/aromatic N) is 1. The number of rotatable bonds is 6. The highest BCUT2D eigenvalue weighted by molar-refractivity contribution is 7.91. The zero-order valence-corrected chi connectivity index (χ0v) is 13.3. The van der Waals surface area contributed by atoms with E-state index in [1.165, 1.54) is 4.31 Å². The molecule has 1 aromatic carbocycles. The van der Waals surface area contributed by atoms with E-state index in [0.717, 1.165) is 18.4 Å². The minimum absolute atomic E-state index is 0.347. The van der Waals surface area contributed by atoms with E-state index < -0.39 is 22.2 Å². The predicted molar refractivity (Wildman–Crippen MR) is 82.7 cm³/mol. The third-order valence-electron chi connectivity index (χ3n) is 4.01. The van der Waals surface area contributed by atoms with E-state index in [-0.39, 0.29) is 0 Å². The third kappa shape index (κ3) is 3.25. The SMILES string of the molecule is CC(OCC1CC1)C(=O)NS(=O)(=O)N1CCc2ccccc21. The van der Waals surface area contributed by atoms with Gasteiger partial charge in [-0.2, -0.15) is 8.42 Å². The molecule has 0 aromatic heterocycles. The van der Waals surface area contributed by atoms with Gasteiger partial charge in [0.25, 0.3) is 5.91 Å². The fourth-order valence-electron chi connectivity index (χ4n) is 2.46. The lowest BCUT2D eigenvalue weighted by molar-refractivity contribution is -0.130. The summed E-state index contributed by atoms with van der Waals surface area (Å²) in [5, 5.41) is 0. The van der Waals surface area contributed by atoms with Crippen LogP contribution in [-0.4, -0.2) is 33.6 Å². The lowest BCUT2D eigenvalue weighted by Gasteiger charge is -2.21. The van der Waals surface area contributed by atoms with E-state index in [2.05, 4.69) is 4.72 Å². The fraction of sp³-hybridized carbons (Fsp3) is 0.533. The molecule has 1 aliphatic heterocycles. The predicted octanol–water partition coefficient (Wildman–Crippen LogP) is 1.23. The number of nitrogens with one attached hydrogen (secondary N) is 1. The molecule has 1 N–H and O–H groups in total. The van der Waals surface area contributed by atoms with Crippen molar-refractivity contribution < 1.29 is 17.9 Å². The van der Waals surface area contributed by atoms with Crippen molar-refractivity contribution in [1.29, 1.82) is 0 Å². The Balaban J connectivity index is 1.64. The molecule has 1 amide bonds. The minimum Gasteiger partial charge on any atom is -0.368 e. The summed E-state index contributed by atoms with van der Waals surface area (Å²) in [6.07, 6.45) is 2.13. The van der Waals surface area contributed by atoms with E-state index in [1.54, 1.807) is 19.1 Å². The molecule has 1 atom stereocenters. The normalized spacial score (nSPS) is 18.9. The van der Waals surface area contributed by atoms with Crippen molar-refractivity contribution in [1.82, 2.24) is 4.72 Å². The summed E-state index contributed by atoms with van der Waals surface area (Å²) in [7, 11) is -3.89. The van der Waals surface area contributed by atoms with Crippen LogP contribution in [0.4, 0.5) is 5.69 Å². The average Bonchev–Trinajstić information content (AvgIpc) is 3.20. The van der Waals surface area contributed by atoms with Crippen LogP contribution in [0.5, 0.6) is 0 Å². The van der Waals surface area contributed by atoms with Crippen LogP contribution in [0.1, 0.15) is 25.3 Å². The van der Waals surface area contributed by atoms with Crippen molar-refractivity contribution in [3.63, 3.8) is 0 Å². The Bertz CT molecular complexity index is 670. The molecule has 0 bridgehead atoms. The Kier molecular flexibility index (Phi) is 4.10. The summed E-state index contributed by atoms with van der Waals surface area (Å²) in [6, 6.07) is 7.31. The van der Waals surface area contributed by atoms with E-state index in [0.29, 0.717) is 31.2 Å². The van der Waals surface area contributed by atoms with E-state index in [1.807, 2.05) is 12.1 Å². The number of fused-ring (bicyclic) bond motifs is 1. The maximum absolute atomic E-state index is 12.4. The number of carbonyl (C=O) groups is 1. The second-order valence-electron chi connectivity index (χ2n) is 5.84. The van der Waals surface area contributed by atoms with Crippen molar-refractivity contribution in [3.8, 4) is 0 Å². The topological polar surface area (TPSA) is 75.7 Å². The molecule has 3 rings (SSSR count). The molecule has 1 saturated carbocycles. The first-order valence-corrected chi connectivity index (χ1v) is 8.95. The van der Waals surface area contributed by atoms with Gasteiger partial charge >= 0.3 is 10.2 Å². The summed E-state index contributed by atoms with van der Waals surface area (Å²) in [5.74, 6) is -0.0950. The molecule has 1 unspecified atom stereocenters. The van der Waals surface area contributed by atoms with Gasteiger partial charge in [-0.15, -0.1) is 0 Å². The quantitative estimate of drug-likeness (QED) is 0.854. The minimum atomic E-state index is -3.89. The first-order chi connectivity index (χ1) is 10.5. The van der Waals surface area contributed by atoms with Gasteiger partial charge in [0.05, 0.1) is 12.3 Å². The molecule has 1 heterocycles. The number of hydrogen-bond donors (Lipinski definition) is 1. The van der Waals surface area contributed by atoms with Gasteiger partial charge < -0.3 is 4.74 Å². The van der Waals surface area contributed by atoms with Gasteiger partial charge in [0, 0.05) is 6.54 Å². The molecule has 2 aliphatic rings. The number of carbonyl (C=O) groups excluding carboxylic acids is 1. The number of amides is 1. The van der Waals surface area contributed by atoms with E-state index in [4.69, 9.17) is 4.74 Å². The molecule has 1 aliphatic carbocycles. The molecule has 1 aromatic rings. The largest absolute Gasteiger partial charge is 0.368 e. The Hall–Kier alpha value is -1.60. The van der Waals surface area contributed by atoms with Gasteiger partial charge in [-0.05, 0) is 43.7 Å². The number of para-hydroxylation sites is 1. The Morgan fingerprint density at radius 3 is 2.86 bits per heavy atom. The molecule has 0 saturated heterocycles. The first kappa shape index (κ1) is 15.3. The monoisotopic (exact) mass is 324 g/mol. The summed E-state index contributed by atoms with van der Waals surface area (Å²) >= 11 is 0. The highest BCUT2D eigenvalue weighted by atomic mass is 32.2. The van der Waals surface area contributed by atoms with Gasteiger partial charge in [0.1, 0.15) is 6.10 Å². The van der Waals surface area contributed by atoms with Crippen LogP contribution in [0.2, 0.25) is 0 Å². The molecule has 0 radical (unpaired) electrons. The third-order valence-corrected chi connectivity index (χ3v) is 5.43. The molecule has 1 fully saturated rings. The van der Waals surface area contributed by atoms with Crippen LogP contribution < -0.4 is 9.03 Å². The first-order valence-electron chi connectivity index (χ1n) is 7.51. The molecule has 7 heteroatoms. The maximum atomic E-state index is 12.4. The highest BCUT2D eigenvalue weighted by Crippen LogP contribution is 2.30. The van der Waals surface area contributed by atoms with Crippen LogP contribution in [-0.2, 0) is 26.2 Å². The van der Waals surface area contributed by atoms with Crippen molar-refractivity contribution in [2.45, 2.75) is 32.3 Å². The second-order valence-corrected chi connectivity index (χ2v) is 7.44. The van der Waals surface area contributed by atoms with Gasteiger partial charge in [-0.3, -0.25) is 9.10 Å². The van der Waals surface area contributed by atoms with E-state index >= 15 is 0 Å². The Morgan fingerprint density at radius 1 is 1.41 bits per heavy atom. The summed E-state index contributed by atoms with van der Waals surface area (Å²) in [6.45, 7) is 2.44. The van der Waals surface area contributed by atoms with Gasteiger partial charge in [-0.1, -0.05) is 18.2 Å². The van der Waals surface area contributed by atoms with Crippen molar-refractivity contribution >= 4 is 21.8 Å². The second kappa shape index (κ2) is 5.89. The van der Waals surface area contributed by atoms with Crippen LogP contribution in [0.25, 0.3) is 0 Å². The number of benzene rings is 1. The lowest BCUT2D eigenvalue weighted by atomic mass is 10.2. The average molecular weight is 324 g/mol. The molecule has 22 heavy (non-hydrogen) atoms. The summed E-state index contributed by atoms with van der Waals surface area (Å²) < 4.78 is 33.6. The van der Waals surface area contributed by atoms with Crippen molar-refractivity contribution in [3.05, 3.63) is 29.8 Å². The summed E-state index contributed by atoms with van der Waals surface area (Å²) in [4.78, 5) is 12.0. The highest BCUT2D eigenvalue weighted by Gasteiger charge is 2.32. The molecular formula is C15H20N2O4S. The van der Waals surface area contributed by atoms with Crippen molar-refractivity contribution in [2.75, 3.05) is 17.5 Å². The lowest BCUT2D eigenvalue weighted by Crippen LogP contribution is -2.46. The van der Waals surface area contributed by atoms with Crippen LogP contribution in [0, 0.1) is 5.92 Å². The van der Waals surface area contributed by atoms with Crippen LogP contribution >= 0.6 is 0 Å². The Morgan fingerprint density at radius 2 is 2.14 bits per heavy atom. The number of anilines is 1. The molecule has 120 valence electrons. The standard InChI is InChI=1S/C15H20N2O4S/c1-11(21-10-12-6-7-12)15(18)16-22(19,20)17-9-8-13-4-2-3-5-14(13)17/h2-5,11-12H,6-10H2,1H3,(H,16,18). The summed E-state index contributed by atoms with van der Waals surface area (Å²) in [5.41, 5.74) is 1.60.